The van der Waals surface area contributed by atoms with Crippen LogP contribution in [-0.4, -0.2) is 28.8 Å². The van der Waals surface area contributed by atoms with Gasteiger partial charge >= 0.3 is 0 Å². The Morgan fingerprint density at radius 3 is 2.41 bits per heavy atom. The van der Waals surface area contributed by atoms with Crippen LogP contribution in [0.1, 0.15) is 19.4 Å². The Kier molecular flexibility index (Phi) is 4.97. The minimum atomic E-state index is -0.0801. The molecule has 2 atom stereocenters. The van der Waals surface area contributed by atoms with Crippen LogP contribution in [0, 0.1) is 5.92 Å². The van der Waals surface area contributed by atoms with Crippen LogP contribution in [0.5, 0.6) is 5.75 Å². The molecule has 0 fully saturated rings. The third-order valence-corrected chi connectivity index (χ3v) is 2.83. The second kappa shape index (κ2) is 6.25. The summed E-state index contributed by atoms with van der Waals surface area (Å²) in [7, 11) is 0. The number of carbonyl (C=O) groups excluding carboxylic acids is 1. The molecule has 0 saturated heterocycles. The molecule has 3 N–H and O–H groups in total. The molecule has 0 aromatic heterocycles. The summed E-state index contributed by atoms with van der Waals surface area (Å²) in [5.41, 5.74) is 0.851. The van der Waals surface area contributed by atoms with Gasteiger partial charge in [-0.2, -0.15) is 0 Å². The van der Waals surface area contributed by atoms with Gasteiger partial charge in [0.15, 0.2) is 0 Å². The SMILES string of the molecule is CC(CO)C(C)NC(=O)Cc1ccc(O)cc1. The smallest absolute Gasteiger partial charge is 0.224 e. The fraction of sp³-hybridized carbons (Fsp3) is 0.462. The molecular formula is C13H19NO3. The van der Waals surface area contributed by atoms with Crippen molar-refractivity contribution in [2.75, 3.05) is 6.61 Å². The maximum atomic E-state index is 11.7. The number of phenolic OH excluding ortho intramolecular Hbond substituents is 1. The van der Waals surface area contributed by atoms with Gasteiger partial charge in [0.2, 0.25) is 5.91 Å². The molecule has 0 heterocycles. The summed E-state index contributed by atoms with van der Waals surface area (Å²) in [4.78, 5) is 11.7. The number of nitrogens with one attached hydrogen (secondary N) is 1. The zero-order valence-electron chi connectivity index (χ0n) is 10.2. The van der Waals surface area contributed by atoms with Crippen LogP contribution in [0.15, 0.2) is 24.3 Å². The fourth-order valence-electron chi connectivity index (χ4n) is 1.40. The van der Waals surface area contributed by atoms with E-state index in [2.05, 4.69) is 5.32 Å². The molecule has 0 bridgehead atoms. The van der Waals surface area contributed by atoms with Crippen molar-refractivity contribution in [2.24, 2.45) is 5.92 Å². The minimum absolute atomic E-state index is 0.0405. The average molecular weight is 237 g/mol. The summed E-state index contributed by atoms with van der Waals surface area (Å²) in [6.45, 7) is 3.81. The number of aliphatic hydroxyl groups is 1. The normalized spacial score (nSPS) is 14.1. The molecule has 0 saturated carbocycles. The maximum absolute atomic E-state index is 11.7. The van der Waals surface area contributed by atoms with Gasteiger partial charge in [-0.05, 0) is 30.5 Å². The predicted octanol–water partition coefficient (Wildman–Crippen LogP) is 1.07. The number of amides is 1. The third-order valence-electron chi connectivity index (χ3n) is 2.83. The Hall–Kier alpha value is -1.55. The van der Waals surface area contributed by atoms with Crippen LogP contribution in [0.3, 0.4) is 0 Å². The van der Waals surface area contributed by atoms with Crippen molar-refractivity contribution >= 4 is 5.91 Å². The second-order valence-electron chi connectivity index (χ2n) is 4.36. The molecule has 0 spiro atoms. The fourth-order valence-corrected chi connectivity index (χ4v) is 1.40. The molecule has 2 unspecified atom stereocenters. The zero-order chi connectivity index (χ0) is 12.8. The highest BCUT2D eigenvalue weighted by Crippen LogP contribution is 2.10. The monoisotopic (exact) mass is 237 g/mol. The molecule has 0 aliphatic rings. The number of carbonyl (C=O) groups is 1. The van der Waals surface area contributed by atoms with Crippen molar-refractivity contribution in [1.82, 2.24) is 5.32 Å². The second-order valence-corrected chi connectivity index (χ2v) is 4.36. The summed E-state index contributed by atoms with van der Waals surface area (Å²) < 4.78 is 0. The Morgan fingerprint density at radius 1 is 1.29 bits per heavy atom. The molecule has 0 radical (unpaired) electrons. The molecule has 1 aromatic carbocycles. The van der Waals surface area contributed by atoms with Crippen molar-refractivity contribution in [3.63, 3.8) is 0 Å². The van der Waals surface area contributed by atoms with Crippen LogP contribution >= 0.6 is 0 Å². The summed E-state index contributed by atoms with van der Waals surface area (Å²) in [6.07, 6.45) is 0.281. The molecular weight excluding hydrogens is 218 g/mol. The molecule has 94 valence electrons. The van der Waals surface area contributed by atoms with Gasteiger partial charge in [-0.25, -0.2) is 0 Å². The van der Waals surface area contributed by atoms with Crippen LogP contribution < -0.4 is 5.32 Å². The number of rotatable bonds is 5. The van der Waals surface area contributed by atoms with E-state index in [0.717, 1.165) is 5.56 Å². The van der Waals surface area contributed by atoms with Gasteiger partial charge in [0.1, 0.15) is 5.75 Å². The van der Waals surface area contributed by atoms with Crippen LogP contribution in [0.2, 0.25) is 0 Å². The first-order valence-corrected chi connectivity index (χ1v) is 5.71. The Balaban J connectivity index is 2.47. The van der Waals surface area contributed by atoms with Gasteiger partial charge in [-0.15, -0.1) is 0 Å². The van der Waals surface area contributed by atoms with Crippen molar-refractivity contribution in [2.45, 2.75) is 26.3 Å². The Bertz CT molecular complexity index is 361. The lowest BCUT2D eigenvalue weighted by atomic mass is 10.0. The van der Waals surface area contributed by atoms with Crippen LogP contribution in [0.25, 0.3) is 0 Å². The highest BCUT2D eigenvalue weighted by molar-refractivity contribution is 5.78. The van der Waals surface area contributed by atoms with E-state index in [1.807, 2.05) is 13.8 Å². The van der Waals surface area contributed by atoms with E-state index in [0.29, 0.717) is 0 Å². The average Bonchev–Trinajstić information content (AvgIpc) is 2.30. The lowest BCUT2D eigenvalue weighted by Crippen LogP contribution is -2.39. The van der Waals surface area contributed by atoms with Gasteiger partial charge in [-0.1, -0.05) is 19.1 Å². The first-order chi connectivity index (χ1) is 8.02. The summed E-state index contributed by atoms with van der Waals surface area (Å²) >= 11 is 0. The van der Waals surface area contributed by atoms with E-state index in [1.165, 1.54) is 0 Å². The largest absolute Gasteiger partial charge is 0.508 e. The molecule has 1 aromatic rings. The molecule has 4 nitrogen and oxygen atoms in total. The molecule has 1 rings (SSSR count). The van der Waals surface area contributed by atoms with Crippen molar-refractivity contribution < 1.29 is 15.0 Å². The molecule has 1 amide bonds. The third kappa shape index (κ3) is 4.44. The van der Waals surface area contributed by atoms with E-state index in [1.54, 1.807) is 24.3 Å². The number of phenols is 1. The van der Waals surface area contributed by atoms with Gasteiger partial charge in [0.05, 0.1) is 6.42 Å². The number of benzene rings is 1. The van der Waals surface area contributed by atoms with Gasteiger partial charge in [0, 0.05) is 12.6 Å². The highest BCUT2D eigenvalue weighted by Gasteiger charge is 2.13. The molecule has 17 heavy (non-hydrogen) atoms. The maximum Gasteiger partial charge on any atom is 0.224 e. The standard InChI is InChI=1S/C13H19NO3/c1-9(8-15)10(2)14-13(17)7-11-3-5-12(16)6-4-11/h3-6,9-10,15-16H,7-8H2,1-2H3,(H,14,17). The molecule has 4 heteroatoms. The number of hydrogen-bond acceptors (Lipinski definition) is 3. The molecule has 0 aliphatic carbocycles. The topological polar surface area (TPSA) is 69.6 Å². The van der Waals surface area contributed by atoms with Gasteiger partial charge in [-0.3, -0.25) is 4.79 Å². The summed E-state index contributed by atoms with van der Waals surface area (Å²) in [5.74, 6) is 0.152. The van der Waals surface area contributed by atoms with Gasteiger partial charge in [0.25, 0.3) is 0 Å². The van der Waals surface area contributed by atoms with Gasteiger partial charge < -0.3 is 15.5 Å². The van der Waals surface area contributed by atoms with E-state index in [9.17, 15) is 4.79 Å². The lowest BCUT2D eigenvalue weighted by molar-refractivity contribution is -0.121. The highest BCUT2D eigenvalue weighted by atomic mass is 16.3. The molecule has 0 aliphatic heterocycles. The minimum Gasteiger partial charge on any atom is -0.508 e. The summed E-state index contributed by atoms with van der Waals surface area (Å²) in [5, 5.41) is 20.9. The van der Waals surface area contributed by atoms with Crippen molar-refractivity contribution in [3.05, 3.63) is 29.8 Å². The number of hydrogen-bond donors (Lipinski definition) is 3. The van der Waals surface area contributed by atoms with Crippen LogP contribution in [-0.2, 0) is 11.2 Å². The predicted molar refractivity (Wildman–Crippen MR) is 65.7 cm³/mol. The van der Waals surface area contributed by atoms with E-state index < -0.39 is 0 Å². The lowest BCUT2D eigenvalue weighted by Gasteiger charge is -2.19. The van der Waals surface area contributed by atoms with E-state index >= 15 is 0 Å². The quantitative estimate of drug-likeness (QED) is 0.717. The zero-order valence-corrected chi connectivity index (χ0v) is 10.2. The first kappa shape index (κ1) is 13.5. The van der Waals surface area contributed by atoms with Crippen molar-refractivity contribution in [3.8, 4) is 5.75 Å². The first-order valence-electron chi connectivity index (χ1n) is 5.71. The van der Waals surface area contributed by atoms with E-state index in [4.69, 9.17) is 10.2 Å². The van der Waals surface area contributed by atoms with E-state index in [-0.39, 0.29) is 36.6 Å². The summed E-state index contributed by atoms with van der Waals surface area (Å²) in [6, 6.07) is 6.50. The number of aromatic hydroxyl groups is 1. The Morgan fingerprint density at radius 2 is 1.88 bits per heavy atom. The van der Waals surface area contributed by atoms with Crippen LogP contribution in [0.4, 0.5) is 0 Å². The van der Waals surface area contributed by atoms with Crippen molar-refractivity contribution in [1.29, 1.82) is 0 Å². The Labute approximate surface area is 101 Å². The number of aliphatic hydroxyl groups excluding tert-OH is 1.